The first-order valence-corrected chi connectivity index (χ1v) is 9.18. The molecule has 1 heterocycles. The Labute approximate surface area is 131 Å². The Bertz CT molecular complexity index is 770. The van der Waals surface area contributed by atoms with E-state index in [0.29, 0.717) is 23.9 Å². The van der Waals surface area contributed by atoms with Gasteiger partial charge in [0.25, 0.3) is 0 Å². The average Bonchev–Trinajstić information content (AvgIpc) is 3.12. The number of rotatable bonds is 4. The monoisotopic (exact) mass is 344 g/mol. The van der Waals surface area contributed by atoms with E-state index in [4.69, 9.17) is 0 Å². The topological polar surface area (TPSA) is 59.1 Å². The third kappa shape index (κ3) is 2.78. The maximum absolute atomic E-state index is 13.3. The first-order chi connectivity index (χ1) is 10.4. The Morgan fingerprint density at radius 3 is 2.50 bits per heavy atom. The van der Waals surface area contributed by atoms with Crippen molar-refractivity contribution in [1.82, 2.24) is 9.71 Å². The number of halogens is 2. The van der Waals surface area contributed by atoms with Crippen LogP contribution in [-0.2, 0) is 15.6 Å². The molecule has 0 radical (unpaired) electrons. The molecule has 0 aliphatic heterocycles. The van der Waals surface area contributed by atoms with Crippen LogP contribution in [0.1, 0.15) is 30.7 Å². The van der Waals surface area contributed by atoms with Gasteiger partial charge in [-0.3, -0.25) is 0 Å². The van der Waals surface area contributed by atoms with Gasteiger partial charge in [-0.1, -0.05) is 12.8 Å². The van der Waals surface area contributed by atoms with Gasteiger partial charge in [-0.25, -0.2) is 22.2 Å². The molecule has 1 aliphatic carbocycles. The number of benzene rings is 1. The van der Waals surface area contributed by atoms with Crippen molar-refractivity contribution in [2.45, 2.75) is 36.1 Å². The van der Waals surface area contributed by atoms with Crippen molar-refractivity contribution in [1.29, 1.82) is 0 Å². The predicted octanol–water partition coefficient (Wildman–Crippen LogP) is 3.17. The zero-order chi connectivity index (χ0) is 15.8. The van der Waals surface area contributed by atoms with Gasteiger partial charge in [-0.15, -0.1) is 11.3 Å². The molecule has 0 unspecified atom stereocenters. The third-order valence-corrected chi connectivity index (χ3v) is 6.34. The Balaban J connectivity index is 1.97. The molecule has 1 N–H and O–H groups in total. The highest BCUT2D eigenvalue weighted by Crippen LogP contribution is 2.40. The van der Waals surface area contributed by atoms with E-state index in [0.717, 1.165) is 25.0 Å². The number of nitrogens with zero attached hydrogens (tertiary/aromatic N) is 1. The third-order valence-electron chi connectivity index (χ3n) is 3.83. The summed E-state index contributed by atoms with van der Waals surface area (Å²) in [5.74, 6) is -2.26. The summed E-state index contributed by atoms with van der Waals surface area (Å²) in [6, 6.07) is 2.57. The second kappa shape index (κ2) is 5.68. The van der Waals surface area contributed by atoms with Gasteiger partial charge in [-0.2, -0.15) is 4.72 Å². The number of hydrogen-bond donors (Lipinski definition) is 1. The van der Waals surface area contributed by atoms with E-state index in [2.05, 4.69) is 9.71 Å². The SMILES string of the molecule is O=S(=O)(NC1(c2nccs2)CCCC1)c1ccc(F)c(F)c1. The van der Waals surface area contributed by atoms with Crippen LogP contribution in [0.4, 0.5) is 8.78 Å². The number of hydrogen-bond acceptors (Lipinski definition) is 4. The maximum atomic E-state index is 13.3. The summed E-state index contributed by atoms with van der Waals surface area (Å²) in [7, 11) is -3.96. The van der Waals surface area contributed by atoms with E-state index in [1.807, 2.05) is 0 Å². The van der Waals surface area contributed by atoms with Crippen LogP contribution in [0.5, 0.6) is 0 Å². The van der Waals surface area contributed by atoms with Crippen molar-refractivity contribution in [2.75, 3.05) is 0 Å². The van der Waals surface area contributed by atoms with Crippen LogP contribution >= 0.6 is 11.3 Å². The fourth-order valence-corrected chi connectivity index (χ4v) is 5.11. The summed E-state index contributed by atoms with van der Waals surface area (Å²) < 4.78 is 54.0. The van der Waals surface area contributed by atoms with Gasteiger partial charge in [0.1, 0.15) is 5.01 Å². The largest absolute Gasteiger partial charge is 0.248 e. The summed E-state index contributed by atoms with van der Waals surface area (Å²) in [6.07, 6.45) is 4.69. The lowest BCUT2D eigenvalue weighted by Crippen LogP contribution is -2.43. The van der Waals surface area contributed by atoms with Crippen LogP contribution < -0.4 is 4.72 Å². The average molecular weight is 344 g/mol. The molecule has 0 saturated heterocycles. The molecule has 3 rings (SSSR count). The highest BCUT2D eigenvalue weighted by atomic mass is 32.2. The fourth-order valence-electron chi connectivity index (χ4n) is 2.76. The van der Waals surface area contributed by atoms with Crippen LogP contribution in [0, 0.1) is 11.6 Å². The standard InChI is InChI=1S/C14H14F2N2O2S2/c15-11-4-3-10(9-12(11)16)22(19,20)18-14(5-1-2-6-14)13-17-7-8-21-13/h3-4,7-9,18H,1-2,5-6H2. The first-order valence-electron chi connectivity index (χ1n) is 6.82. The molecular weight excluding hydrogens is 330 g/mol. The van der Waals surface area contributed by atoms with Crippen LogP contribution in [0.15, 0.2) is 34.7 Å². The predicted molar refractivity (Wildman–Crippen MR) is 78.9 cm³/mol. The van der Waals surface area contributed by atoms with Crippen LogP contribution in [-0.4, -0.2) is 13.4 Å². The molecule has 0 amide bonds. The van der Waals surface area contributed by atoms with Crippen molar-refractivity contribution in [3.8, 4) is 0 Å². The quantitative estimate of drug-likeness (QED) is 0.927. The van der Waals surface area contributed by atoms with E-state index in [1.165, 1.54) is 11.3 Å². The fraction of sp³-hybridized carbons (Fsp3) is 0.357. The van der Waals surface area contributed by atoms with Crippen molar-refractivity contribution in [3.63, 3.8) is 0 Å². The zero-order valence-corrected chi connectivity index (χ0v) is 13.2. The summed E-state index contributed by atoms with van der Waals surface area (Å²) >= 11 is 1.39. The lowest BCUT2D eigenvalue weighted by molar-refractivity contribution is 0.402. The smallest absolute Gasteiger partial charge is 0.241 e. The Hall–Kier alpha value is -1.38. The molecule has 8 heteroatoms. The maximum Gasteiger partial charge on any atom is 0.241 e. The molecular formula is C14H14F2N2O2S2. The molecule has 1 aliphatic rings. The van der Waals surface area contributed by atoms with Crippen LogP contribution in [0.25, 0.3) is 0 Å². The molecule has 4 nitrogen and oxygen atoms in total. The number of thiazole rings is 1. The normalized spacial score (nSPS) is 17.7. The molecule has 2 aromatic rings. The van der Waals surface area contributed by atoms with Gasteiger partial charge in [0, 0.05) is 11.6 Å². The second-order valence-corrected chi connectivity index (χ2v) is 7.88. The Morgan fingerprint density at radius 2 is 1.91 bits per heavy atom. The molecule has 0 spiro atoms. The Morgan fingerprint density at radius 1 is 1.18 bits per heavy atom. The molecule has 1 aromatic heterocycles. The van der Waals surface area contributed by atoms with Crippen LogP contribution in [0.2, 0.25) is 0 Å². The van der Waals surface area contributed by atoms with Gasteiger partial charge in [0.2, 0.25) is 10.0 Å². The van der Waals surface area contributed by atoms with Crippen molar-refractivity contribution >= 4 is 21.4 Å². The lowest BCUT2D eigenvalue weighted by atomic mass is 10.0. The van der Waals surface area contributed by atoms with Gasteiger partial charge in [-0.05, 0) is 31.0 Å². The Kier molecular flexibility index (Phi) is 4.00. The first kappa shape index (κ1) is 15.5. The highest BCUT2D eigenvalue weighted by molar-refractivity contribution is 7.89. The molecule has 0 atom stereocenters. The second-order valence-electron chi connectivity index (χ2n) is 5.31. The molecule has 0 bridgehead atoms. The van der Waals surface area contributed by atoms with E-state index in [9.17, 15) is 17.2 Å². The molecule has 22 heavy (non-hydrogen) atoms. The van der Waals surface area contributed by atoms with Gasteiger partial charge in [0.15, 0.2) is 11.6 Å². The van der Waals surface area contributed by atoms with Crippen molar-refractivity contribution < 1.29 is 17.2 Å². The van der Waals surface area contributed by atoms with Crippen LogP contribution in [0.3, 0.4) is 0 Å². The van der Waals surface area contributed by atoms with Gasteiger partial charge in [0.05, 0.1) is 10.4 Å². The van der Waals surface area contributed by atoms with E-state index < -0.39 is 27.2 Å². The summed E-state index contributed by atoms with van der Waals surface area (Å²) in [6.45, 7) is 0. The molecule has 1 saturated carbocycles. The molecule has 118 valence electrons. The minimum absolute atomic E-state index is 0.283. The zero-order valence-electron chi connectivity index (χ0n) is 11.6. The summed E-state index contributed by atoms with van der Waals surface area (Å²) in [4.78, 5) is 3.95. The number of nitrogens with one attached hydrogen (secondary N) is 1. The number of aromatic nitrogens is 1. The van der Waals surface area contributed by atoms with E-state index >= 15 is 0 Å². The van der Waals surface area contributed by atoms with Crippen molar-refractivity contribution in [3.05, 3.63) is 46.4 Å². The minimum atomic E-state index is -3.96. The molecule has 1 fully saturated rings. The lowest BCUT2D eigenvalue weighted by Gasteiger charge is -2.27. The number of sulfonamides is 1. The van der Waals surface area contributed by atoms with Gasteiger partial charge >= 0.3 is 0 Å². The van der Waals surface area contributed by atoms with E-state index in [1.54, 1.807) is 11.6 Å². The minimum Gasteiger partial charge on any atom is -0.248 e. The highest BCUT2D eigenvalue weighted by Gasteiger charge is 2.41. The van der Waals surface area contributed by atoms with E-state index in [-0.39, 0.29) is 4.90 Å². The van der Waals surface area contributed by atoms with Gasteiger partial charge < -0.3 is 0 Å². The molecule has 1 aromatic carbocycles. The van der Waals surface area contributed by atoms with Crippen molar-refractivity contribution in [2.24, 2.45) is 0 Å². The summed E-state index contributed by atoms with van der Waals surface area (Å²) in [5.41, 5.74) is -0.752. The summed E-state index contributed by atoms with van der Waals surface area (Å²) in [5, 5.41) is 2.50.